The Morgan fingerprint density at radius 3 is 2.43 bits per heavy atom. The van der Waals surface area contributed by atoms with Gasteiger partial charge in [0.2, 0.25) is 0 Å². The fourth-order valence-electron chi connectivity index (χ4n) is 2.26. The molecule has 0 spiro atoms. The number of rotatable bonds is 6. The quantitative estimate of drug-likeness (QED) is 0.858. The molecule has 0 aliphatic carbocycles. The summed E-state index contributed by atoms with van der Waals surface area (Å²) in [6, 6.07) is 14.3. The monoisotopic (exact) mass is 288 g/mol. The van der Waals surface area contributed by atoms with Crippen molar-refractivity contribution < 1.29 is 9.50 Å². The smallest absolute Gasteiger partial charge is 0.127 e. The number of aliphatic hydroxyl groups excluding tert-OH is 1. The summed E-state index contributed by atoms with van der Waals surface area (Å²) in [5.74, 6) is -0.217. The molecule has 0 fully saturated rings. The van der Waals surface area contributed by atoms with E-state index in [2.05, 4.69) is 0 Å². The van der Waals surface area contributed by atoms with Gasteiger partial charge in [0.25, 0.3) is 0 Å². The van der Waals surface area contributed by atoms with Crippen molar-refractivity contribution in [1.29, 1.82) is 0 Å². The molecule has 3 N–H and O–H groups in total. The molecule has 3 nitrogen and oxygen atoms in total. The van der Waals surface area contributed by atoms with Gasteiger partial charge in [-0.05, 0) is 24.2 Å². The first-order valence-electron chi connectivity index (χ1n) is 6.99. The van der Waals surface area contributed by atoms with Gasteiger partial charge in [0.05, 0.1) is 6.10 Å². The first kappa shape index (κ1) is 15.6. The maximum Gasteiger partial charge on any atom is 0.127 e. The van der Waals surface area contributed by atoms with Gasteiger partial charge in [0.15, 0.2) is 0 Å². The number of nitrogens with zero attached hydrogens (tertiary/aromatic N) is 1. The van der Waals surface area contributed by atoms with Crippen LogP contribution in [0, 0.1) is 5.82 Å². The van der Waals surface area contributed by atoms with Crippen LogP contribution >= 0.6 is 0 Å². The van der Waals surface area contributed by atoms with Crippen molar-refractivity contribution in [2.75, 3.05) is 13.6 Å². The first-order valence-corrected chi connectivity index (χ1v) is 6.99. The Morgan fingerprint density at radius 1 is 1.14 bits per heavy atom. The number of likely N-dealkylation sites (N-methyl/N-ethyl adjacent to an activating group) is 1. The minimum absolute atomic E-state index is 0.217. The second-order valence-corrected chi connectivity index (χ2v) is 5.25. The van der Waals surface area contributed by atoms with Crippen LogP contribution in [0.25, 0.3) is 0 Å². The van der Waals surface area contributed by atoms with Gasteiger partial charge in [-0.3, -0.25) is 4.90 Å². The van der Waals surface area contributed by atoms with E-state index in [4.69, 9.17) is 5.73 Å². The molecule has 21 heavy (non-hydrogen) atoms. The van der Waals surface area contributed by atoms with Crippen LogP contribution in [0.5, 0.6) is 0 Å². The number of aliphatic hydroxyl groups is 1. The molecule has 1 unspecified atom stereocenters. The van der Waals surface area contributed by atoms with Gasteiger partial charge in [-0.1, -0.05) is 42.5 Å². The topological polar surface area (TPSA) is 49.5 Å². The van der Waals surface area contributed by atoms with Crippen LogP contribution in [0.1, 0.15) is 22.8 Å². The molecule has 2 aromatic rings. The van der Waals surface area contributed by atoms with Crippen molar-refractivity contribution in [3.63, 3.8) is 0 Å². The van der Waals surface area contributed by atoms with E-state index < -0.39 is 6.10 Å². The van der Waals surface area contributed by atoms with Gasteiger partial charge in [-0.15, -0.1) is 0 Å². The Morgan fingerprint density at radius 2 is 1.81 bits per heavy atom. The Kier molecular flexibility index (Phi) is 5.44. The minimum Gasteiger partial charge on any atom is -0.387 e. The maximum atomic E-state index is 13.6. The van der Waals surface area contributed by atoms with E-state index in [1.54, 1.807) is 12.1 Å². The van der Waals surface area contributed by atoms with Crippen molar-refractivity contribution in [3.8, 4) is 0 Å². The molecule has 4 heteroatoms. The average molecular weight is 288 g/mol. The summed E-state index contributed by atoms with van der Waals surface area (Å²) in [5.41, 5.74) is 8.05. The zero-order valence-electron chi connectivity index (χ0n) is 12.2. The van der Waals surface area contributed by atoms with Crippen LogP contribution < -0.4 is 5.73 Å². The molecule has 0 radical (unpaired) electrons. The molecule has 0 aliphatic heterocycles. The lowest BCUT2D eigenvalue weighted by Gasteiger charge is -2.21. The largest absolute Gasteiger partial charge is 0.387 e. The van der Waals surface area contributed by atoms with Crippen LogP contribution in [0.3, 0.4) is 0 Å². The Bertz CT molecular complexity index is 571. The standard InChI is InChI=1S/C17H21FN2O/c1-20(11-15-4-2-3-5-16(15)18)12-17(21)14-8-6-13(10-19)7-9-14/h2-9,17,21H,10-12,19H2,1H3. The second-order valence-electron chi connectivity index (χ2n) is 5.25. The van der Waals surface area contributed by atoms with Gasteiger partial charge in [-0.2, -0.15) is 0 Å². The van der Waals surface area contributed by atoms with E-state index in [1.807, 2.05) is 42.3 Å². The van der Waals surface area contributed by atoms with E-state index in [0.29, 0.717) is 25.2 Å². The zero-order valence-corrected chi connectivity index (χ0v) is 12.2. The summed E-state index contributed by atoms with van der Waals surface area (Å²) in [5, 5.41) is 10.2. The highest BCUT2D eigenvalue weighted by Gasteiger charge is 2.12. The molecule has 0 heterocycles. The highest BCUT2D eigenvalue weighted by Crippen LogP contribution is 2.16. The molecule has 2 aromatic carbocycles. The summed E-state index contributed by atoms with van der Waals surface area (Å²) in [6.07, 6.45) is -0.603. The molecule has 0 aromatic heterocycles. The summed E-state index contributed by atoms with van der Waals surface area (Å²) in [6.45, 7) is 1.39. The van der Waals surface area contributed by atoms with Crippen LogP contribution in [-0.2, 0) is 13.1 Å². The lowest BCUT2D eigenvalue weighted by molar-refractivity contribution is 0.123. The molecule has 0 aliphatic rings. The molecule has 0 saturated carbocycles. The number of hydrogen-bond donors (Lipinski definition) is 2. The van der Waals surface area contributed by atoms with Gasteiger partial charge in [-0.25, -0.2) is 4.39 Å². The zero-order chi connectivity index (χ0) is 15.2. The maximum absolute atomic E-state index is 13.6. The fraction of sp³-hybridized carbons (Fsp3) is 0.294. The lowest BCUT2D eigenvalue weighted by atomic mass is 10.1. The first-order chi connectivity index (χ1) is 10.1. The molecule has 112 valence electrons. The van der Waals surface area contributed by atoms with E-state index in [1.165, 1.54) is 6.07 Å². The summed E-state index contributed by atoms with van der Waals surface area (Å²) >= 11 is 0. The third-order valence-electron chi connectivity index (χ3n) is 3.48. The van der Waals surface area contributed by atoms with E-state index >= 15 is 0 Å². The minimum atomic E-state index is -0.603. The molecule has 0 amide bonds. The number of halogens is 1. The molecule has 1 atom stereocenters. The molecule has 0 saturated heterocycles. The lowest BCUT2D eigenvalue weighted by Crippen LogP contribution is -2.24. The van der Waals surface area contributed by atoms with E-state index in [-0.39, 0.29) is 5.82 Å². The number of nitrogens with two attached hydrogens (primary N) is 1. The van der Waals surface area contributed by atoms with Crippen molar-refractivity contribution in [2.24, 2.45) is 5.73 Å². The van der Waals surface area contributed by atoms with Crippen molar-refractivity contribution in [3.05, 3.63) is 71.0 Å². The van der Waals surface area contributed by atoms with Crippen molar-refractivity contribution in [1.82, 2.24) is 4.90 Å². The fourth-order valence-corrected chi connectivity index (χ4v) is 2.26. The van der Waals surface area contributed by atoms with Crippen LogP contribution in [0.15, 0.2) is 48.5 Å². The van der Waals surface area contributed by atoms with Crippen LogP contribution in [-0.4, -0.2) is 23.6 Å². The van der Waals surface area contributed by atoms with E-state index in [9.17, 15) is 9.50 Å². The Labute approximate surface area is 124 Å². The van der Waals surface area contributed by atoms with Crippen molar-refractivity contribution in [2.45, 2.75) is 19.2 Å². The normalized spacial score (nSPS) is 12.6. The van der Waals surface area contributed by atoms with E-state index in [0.717, 1.165) is 11.1 Å². The highest BCUT2D eigenvalue weighted by atomic mass is 19.1. The predicted octanol–water partition coefficient (Wildman–Crippen LogP) is 2.45. The van der Waals surface area contributed by atoms with Crippen LogP contribution in [0.4, 0.5) is 4.39 Å². The Hall–Kier alpha value is -1.75. The highest BCUT2D eigenvalue weighted by molar-refractivity contribution is 5.24. The molecular formula is C17H21FN2O. The van der Waals surface area contributed by atoms with Crippen LogP contribution in [0.2, 0.25) is 0 Å². The summed E-state index contributed by atoms with van der Waals surface area (Å²) in [7, 11) is 1.86. The average Bonchev–Trinajstić information content (AvgIpc) is 2.49. The van der Waals surface area contributed by atoms with Crippen molar-refractivity contribution >= 4 is 0 Å². The van der Waals surface area contributed by atoms with Gasteiger partial charge >= 0.3 is 0 Å². The SMILES string of the molecule is CN(Cc1ccccc1F)CC(O)c1ccc(CN)cc1. The Balaban J connectivity index is 1.95. The number of hydrogen-bond acceptors (Lipinski definition) is 3. The molecule has 0 bridgehead atoms. The molecule has 2 rings (SSSR count). The predicted molar refractivity (Wildman–Crippen MR) is 82.0 cm³/mol. The van der Waals surface area contributed by atoms with Gasteiger partial charge in [0.1, 0.15) is 5.82 Å². The summed E-state index contributed by atoms with van der Waals surface area (Å²) in [4.78, 5) is 1.90. The summed E-state index contributed by atoms with van der Waals surface area (Å²) < 4.78 is 13.6. The number of benzene rings is 2. The van der Waals surface area contributed by atoms with Gasteiger partial charge in [0, 0.05) is 25.2 Å². The van der Waals surface area contributed by atoms with Gasteiger partial charge < -0.3 is 10.8 Å². The molecular weight excluding hydrogens is 267 g/mol. The third kappa shape index (κ3) is 4.36. The second kappa shape index (κ2) is 7.31. The third-order valence-corrected chi connectivity index (χ3v) is 3.48.